The van der Waals surface area contributed by atoms with Gasteiger partial charge in [0.05, 0.1) is 5.57 Å². The first-order valence-electron chi connectivity index (χ1n) is 3.23. The van der Waals surface area contributed by atoms with Gasteiger partial charge in [-0.25, -0.2) is 5.48 Å². The summed E-state index contributed by atoms with van der Waals surface area (Å²) in [5.74, 6) is -0.976. The standard InChI is InChI=1S/C7H7NO4/c9-4-5-2-1-3-12-6(5)7(10)8-11/h1-2,4,11H,3H2,(H,8,10). The van der Waals surface area contributed by atoms with Crippen LogP contribution in [0.2, 0.25) is 0 Å². The van der Waals surface area contributed by atoms with E-state index in [4.69, 9.17) is 9.94 Å². The van der Waals surface area contributed by atoms with E-state index in [-0.39, 0.29) is 17.9 Å². The van der Waals surface area contributed by atoms with Crippen molar-refractivity contribution in [3.63, 3.8) is 0 Å². The van der Waals surface area contributed by atoms with E-state index in [0.717, 1.165) is 0 Å². The quantitative estimate of drug-likeness (QED) is 0.333. The smallest absolute Gasteiger partial charge is 0.310 e. The average molecular weight is 169 g/mol. The molecule has 0 aliphatic carbocycles. The van der Waals surface area contributed by atoms with E-state index in [2.05, 4.69) is 0 Å². The van der Waals surface area contributed by atoms with Gasteiger partial charge in [0.2, 0.25) is 0 Å². The van der Waals surface area contributed by atoms with Crippen molar-refractivity contribution >= 4 is 12.2 Å². The van der Waals surface area contributed by atoms with Crippen LogP contribution < -0.4 is 5.48 Å². The van der Waals surface area contributed by atoms with Crippen LogP contribution in [0.1, 0.15) is 0 Å². The minimum absolute atomic E-state index is 0.118. The Hall–Kier alpha value is -1.62. The number of hydroxylamine groups is 1. The first-order chi connectivity index (χ1) is 5.79. The summed E-state index contributed by atoms with van der Waals surface area (Å²) in [6, 6.07) is 0. The van der Waals surface area contributed by atoms with Gasteiger partial charge < -0.3 is 4.74 Å². The number of ether oxygens (including phenoxy) is 1. The lowest BCUT2D eigenvalue weighted by molar-refractivity contribution is -0.129. The second-order valence-corrected chi connectivity index (χ2v) is 2.06. The van der Waals surface area contributed by atoms with Crippen molar-refractivity contribution in [3.8, 4) is 0 Å². The number of nitrogens with one attached hydrogen (secondary N) is 1. The Morgan fingerprint density at radius 1 is 1.75 bits per heavy atom. The van der Waals surface area contributed by atoms with Gasteiger partial charge in [0.25, 0.3) is 0 Å². The Kier molecular flexibility index (Phi) is 2.60. The van der Waals surface area contributed by atoms with Crippen molar-refractivity contribution in [2.24, 2.45) is 0 Å². The number of amides is 1. The highest BCUT2D eigenvalue weighted by atomic mass is 16.5. The highest BCUT2D eigenvalue weighted by Crippen LogP contribution is 2.10. The minimum Gasteiger partial charge on any atom is -0.483 e. The molecule has 0 atom stereocenters. The summed E-state index contributed by atoms with van der Waals surface area (Å²) in [5.41, 5.74) is 1.50. The van der Waals surface area contributed by atoms with Crippen LogP contribution in [0.15, 0.2) is 23.5 Å². The fourth-order valence-electron chi connectivity index (χ4n) is 0.806. The van der Waals surface area contributed by atoms with E-state index in [1.54, 1.807) is 6.08 Å². The van der Waals surface area contributed by atoms with E-state index in [0.29, 0.717) is 6.29 Å². The normalized spacial score (nSPS) is 15.4. The largest absolute Gasteiger partial charge is 0.483 e. The molecular weight excluding hydrogens is 162 g/mol. The van der Waals surface area contributed by atoms with Crippen LogP contribution in [-0.2, 0) is 14.3 Å². The van der Waals surface area contributed by atoms with Gasteiger partial charge in [-0.15, -0.1) is 0 Å². The fraction of sp³-hybridized carbons (Fsp3) is 0.143. The molecule has 0 aromatic rings. The summed E-state index contributed by atoms with van der Waals surface area (Å²) in [6.45, 7) is 0.222. The zero-order chi connectivity index (χ0) is 8.97. The zero-order valence-electron chi connectivity index (χ0n) is 6.11. The topological polar surface area (TPSA) is 75.6 Å². The lowest BCUT2D eigenvalue weighted by Crippen LogP contribution is -2.25. The minimum atomic E-state index is -0.818. The van der Waals surface area contributed by atoms with Gasteiger partial charge in [0, 0.05) is 0 Å². The highest BCUT2D eigenvalue weighted by Gasteiger charge is 2.16. The van der Waals surface area contributed by atoms with E-state index < -0.39 is 5.91 Å². The molecule has 2 N–H and O–H groups in total. The Morgan fingerprint density at radius 2 is 2.50 bits per heavy atom. The molecule has 5 nitrogen and oxygen atoms in total. The third-order valence-electron chi connectivity index (χ3n) is 1.32. The summed E-state index contributed by atoms with van der Waals surface area (Å²) in [6.07, 6.45) is 3.54. The summed E-state index contributed by atoms with van der Waals surface area (Å²) < 4.78 is 4.82. The molecule has 0 saturated heterocycles. The van der Waals surface area contributed by atoms with Crippen LogP contribution in [0.4, 0.5) is 0 Å². The molecule has 0 fully saturated rings. The number of hydrogen-bond donors (Lipinski definition) is 2. The van der Waals surface area contributed by atoms with Gasteiger partial charge in [0.15, 0.2) is 12.0 Å². The van der Waals surface area contributed by atoms with Crippen LogP contribution >= 0.6 is 0 Å². The van der Waals surface area contributed by atoms with Crippen molar-refractivity contribution in [1.29, 1.82) is 0 Å². The number of rotatable bonds is 2. The molecule has 1 aliphatic rings. The molecule has 1 aliphatic heterocycles. The van der Waals surface area contributed by atoms with Crippen molar-refractivity contribution in [2.75, 3.05) is 6.61 Å². The lowest BCUT2D eigenvalue weighted by atomic mass is 10.2. The number of allylic oxidation sites excluding steroid dienone is 2. The van der Waals surface area contributed by atoms with Gasteiger partial charge in [0.1, 0.15) is 6.61 Å². The lowest BCUT2D eigenvalue weighted by Gasteiger charge is -2.11. The number of aldehydes is 1. The maximum Gasteiger partial charge on any atom is 0.310 e. The van der Waals surface area contributed by atoms with E-state index in [9.17, 15) is 9.59 Å². The number of carbonyl (C=O) groups is 2. The molecular formula is C7H7NO4. The first-order valence-corrected chi connectivity index (χ1v) is 3.23. The summed E-state index contributed by atoms with van der Waals surface area (Å²) in [4.78, 5) is 21.1. The predicted octanol–water partition coefficient (Wildman–Crippen LogP) is -0.469. The highest BCUT2D eigenvalue weighted by molar-refractivity contribution is 5.98. The maximum atomic E-state index is 10.8. The molecule has 0 aromatic carbocycles. The average Bonchev–Trinajstić information content (AvgIpc) is 2.16. The Labute approximate surface area is 68.3 Å². The Bertz CT molecular complexity index is 267. The maximum absolute atomic E-state index is 10.8. The predicted molar refractivity (Wildman–Crippen MR) is 38.1 cm³/mol. The van der Waals surface area contributed by atoms with Crippen molar-refractivity contribution in [2.45, 2.75) is 0 Å². The third kappa shape index (κ3) is 1.51. The number of carbonyl (C=O) groups excluding carboxylic acids is 2. The van der Waals surface area contributed by atoms with E-state index in [1.165, 1.54) is 11.6 Å². The molecule has 12 heavy (non-hydrogen) atoms. The first kappa shape index (κ1) is 8.48. The molecule has 0 spiro atoms. The molecule has 0 unspecified atom stereocenters. The summed E-state index contributed by atoms with van der Waals surface area (Å²) in [7, 11) is 0. The van der Waals surface area contributed by atoms with Crippen LogP contribution in [0, 0.1) is 0 Å². The SMILES string of the molecule is O=CC1=C(C(=O)NO)OCC=C1. The van der Waals surface area contributed by atoms with Crippen LogP contribution in [0.3, 0.4) is 0 Å². The Balaban J connectivity index is 2.95. The van der Waals surface area contributed by atoms with Crippen molar-refractivity contribution in [1.82, 2.24) is 5.48 Å². The molecule has 64 valence electrons. The molecule has 1 amide bonds. The molecule has 1 heterocycles. The molecule has 0 bridgehead atoms. The zero-order valence-corrected chi connectivity index (χ0v) is 6.11. The monoisotopic (exact) mass is 169 g/mol. The summed E-state index contributed by atoms with van der Waals surface area (Å²) >= 11 is 0. The van der Waals surface area contributed by atoms with Crippen molar-refractivity contribution in [3.05, 3.63) is 23.5 Å². The second kappa shape index (κ2) is 3.68. The number of hydrogen-bond acceptors (Lipinski definition) is 4. The van der Waals surface area contributed by atoms with Gasteiger partial charge in [-0.05, 0) is 12.2 Å². The van der Waals surface area contributed by atoms with E-state index in [1.807, 2.05) is 0 Å². The molecule has 0 radical (unpaired) electrons. The Morgan fingerprint density at radius 3 is 3.08 bits per heavy atom. The molecule has 0 saturated carbocycles. The molecule has 1 rings (SSSR count). The van der Waals surface area contributed by atoms with Crippen LogP contribution in [0.25, 0.3) is 0 Å². The third-order valence-corrected chi connectivity index (χ3v) is 1.32. The van der Waals surface area contributed by atoms with Gasteiger partial charge >= 0.3 is 5.91 Å². The molecule has 5 heteroatoms. The second-order valence-electron chi connectivity index (χ2n) is 2.06. The fourth-order valence-corrected chi connectivity index (χ4v) is 0.806. The molecule has 0 aromatic heterocycles. The van der Waals surface area contributed by atoms with Gasteiger partial charge in [-0.3, -0.25) is 14.8 Å². The van der Waals surface area contributed by atoms with Crippen LogP contribution in [0.5, 0.6) is 0 Å². The van der Waals surface area contributed by atoms with E-state index >= 15 is 0 Å². The van der Waals surface area contributed by atoms with Gasteiger partial charge in [-0.2, -0.15) is 0 Å². The van der Waals surface area contributed by atoms with Crippen molar-refractivity contribution < 1.29 is 19.5 Å². The summed E-state index contributed by atoms with van der Waals surface area (Å²) in [5, 5.41) is 8.25. The van der Waals surface area contributed by atoms with Gasteiger partial charge in [-0.1, -0.05) is 0 Å². The van der Waals surface area contributed by atoms with Crippen LogP contribution in [-0.4, -0.2) is 24.0 Å².